The standard InChI is InChI=1S/C15H19ClN2OS/c1-10-2-5-14(19)18(7-6-10)9-12-4-3-11(15(17)20)8-13(12)16/h3-4,8,10H,2,5-7,9H2,1H3,(H2,17,20). The fourth-order valence-corrected chi connectivity index (χ4v) is 2.74. The third kappa shape index (κ3) is 3.70. The minimum absolute atomic E-state index is 0.212. The van der Waals surface area contributed by atoms with E-state index >= 15 is 0 Å². The average Bonchev–Trinajstić information content (AvgIpc) is 2.56. The Morgan fingerprint density at radius 2 is 2.25 bits per heavy atom. The molecule has 0 saturated carbocycles. The number of rotatable bonds is 3. The zero-order valence-corrected chi connectivity index (χ0v) is 13.1. The molecule has 5 heteroatoms. The molecule has 1 unspecified atom stereocenters. The summed E-state index contributed by atoms with van der Waals surface area (Å²) in [7, 11) is 0. The van der Waals surface area contributed by atoms with Crippen molar-refractivity contribution in [2.24, 2.45) is 11.7 Å². The molecule has 108 valence electrons. The van der Waals surface area contributed by atoms with Crippen LogP contribution < -0.4 is 5.73 Å². The number of halogens is 1. The van der Waals surface area contributed by atoms with E-state index in [0.717, 1.165) is 30.5 Å². The Morgan fingerprint density at radius 1 is 1.50 bits per heavy atom. The Hall–Kier alpha value is -1.13. The van der Waals surface area contributed by atoms with Crippen molar-refractivity contribution in [3.63, 3.8) is 0 Å². The fourth-order valence-electron chi connectivity index (χ4n) is 2.37. The van der Waals surface area contributed by atoms with E-state index in [-0.39, 0.29) is 5.91 Å². The van der Waals surface area contributed by atoms with E-state index in [0.29, 0.717) is 28.9 Å². The maximum absolute atomic E-state index is 12.1. The normalized spacial score (nSPS) is 19.8. The van der Waals surface area contributed by atoms with Crippen molar-refractivity contribution < 1.29 is 4.79 Å². The molecule has 0 spiro atoms. The second kappa shape index (κ2) is 6.55. The summed E-state index contributed by atoms with van der Waals surface area (Å²) in [5.41, 5.74) is 7.28. The van der Waals surface area contributed by atoms with E-state index in [1.54, 1.807) is 6.07 Å². The van der Waals surface area contributed by atoms with Crippen molar-refractivity contribution in [1.82, 2.24) is 4.90 Å². The minimum atomic E-state index is 0.212. The molecule has 1 amide bonds. The zero-order valence-electron chi connectivity index (χ0n) is 11.6. The summed E-state index contributed by atoms with van der Waals surface area (Å²) >= 11 is 11.2. The molecule has 0 bridgehead atoms. The van der Waals surface area contributed by atoms with Gasteiger partial charge in [-0.25, -0.2) is 0 Å². The molecule has 3 nitrogen and oxygen atoms in total. The van der Waals surface area contributed by atoms with Crippen LogP contribution in [0.15, 0.2) is 18.2 Å². The number of nitrogens with two attached hydrogens (primary N) is 1. The molecule has 2 rings (SSSR count). The van der Waals surface area contributed by atoms with Crippen molar-refractivity contribution in [3.05, 3.63) is 34.3 Å². The van der Waals surface area contributed by atoms with E-state index in [1.165, 1.54) is 0 Å². The van der Waals surface area contributed by atoms with Crippen molar-refractivity contribution in [2.45, 2.75) is 32.7 Å². The average molecular weight is 311 g/mol. The smallest absolute Gasteiger partial charge is 0.222 e. The monoisotopic (exact) mass is 310 g/mol. The highest BCUT2D eigenvalue weighted by molar-refractivity contribution is 7.80. The van der Waals surface area contributed by atoms with Crippen LogP contribution in [0.25, 0.3) is 0 Å². The number of carbonyl (C=O) groups is 1. The molecule has 20 heavy (non-hydrogen) atoms. The van der Waals surface area contributed by atoms with Gasteiger partial charge >= 0.3 is 0 Å². The quantitative estimate of drug-likeness (QED) is 0.873. The first kappa shape index (κ1) is 15.3. The third-order valence-electron chi connectivity index (χ3n) is 3.79. The first-order valence-electron chi connectivity index (χ1n) is 6.83. The van der Waals surface area contributed by atoms with Crippen molar-refractivity contribution in [1.29, 1.82) is 0 Å². The van der Waals surface area contributed by atoms with E-state index < -0.39 is 0 Å². The SMILES string of the molecule is CC1CCC(=O)N(Cc2ccc(C(N)=S)cc2Cl)CC1. The lowest BCUT2D eigenvalue weighted by molar-refractivity contribution is -0.131. The molecule has 0 aliphatic carbocycles. The van der Waals surface area contributed by atoms with Crippen molar-refractivity contribution >= 4 is 34.7 Å². The maximum atomic E-state index is 12.1. The van der Waals surface area contributed by atoms with Gasteiger partial charge in [-0.1, -0.05) is 42.9 Å². The van der Waals surface area contributed by atoms with E-state index in [4.69, 9.17) is 29.6 Å². The van der Waals surface area contributed by atoms with Gasteiger partial charge in [0.2, 0.25) is 5.91 Å². The predicted octanol–water partition coefficient (Wildman–Crippen LogP) is 3.12. The summed E-state index contributed by atoms with van der Waals surface area (Å²) in [5, 5.41) is 0.611. The summed E-state index contributed by atoms with van der Waals surface area (Å²) in [6.45, 7) is 3.55. The van der Waals surface area contributed by atoms with Crippen LogP contribution >= 0.6 is 23.8 Å². The summed E-state index contributed by atoms with van der Waals surface area (Å²) < 4.78 is 0. The number of likely N-dealkylation sites (tertiary alicyclic amines) is 1. The summed E-state index contributed by atoms with van der Waals surface area (Å²) in [6, 6.07) is 5.52. The predicted molar refractivity (Wildman–Crippen MR) is 85.8 cm³/mol. The lowest BCUT2D eigenvalue weighted by Crippen LogP contribution is -2.29. The molecule has 1 heterocycles. The number of nitrogens with zero attached hydrogens (tertiary/aromatic N) is 1. The van der Waals surface area contributed by atoms with E-state index in [9.17, 15) is 4.79 Å². The third-order valence-corrected chi connectivity index (χ3v) is 4.38. The maximum Gasteiger partial charge on any atom is 0.222 e. The van der Waals surface area contributed by atoms with Gasteiger partial charge in [-0.2, -0.15) is 0 Å². The molecule has 1 aromatic rings. The molecule has 1 aliphatic heterocycles. The number of amides is 1. The van der Waals surface area contributed by atoms with Gasteiger partial charge in [0.15, 0.2) is 0 Å². The van der Waals surface area contributed by atoms with Crippen LogP contribution in [0.2, 0.25) is 5.02 Å². The zero-order chi connectivity index (χ0) is 14.7. The second-order valence-corrected chi connectivity index (χ2v) is 6.27. The van der Waals surface area contributed by atoms with Crippen LogP contribution in [-0.4, -0.2) is 22.3 Å². The Morgan fingerprint density at radius 3 is 2.90 bits per heavy atom. The number of carbonyl (C=O) groups excluding carboxylic acids is 1. The largest absolute Gasteiger partial charge is 0.389 e. The van der Waals surface area contributed by atoms with E-state index in [1.807, 2.05) is 17.0 Å². The molecule has 2 N–H and O–H groups in total. The molecular formula is C15H19ClN2OS. The van der Waals surface area contributed by atoms with Crippen LogP contribution in [0.5, 0.6) is 0 Å². The van der Waals surface area contributed by atoms with Gasteiger partial charge < -0.3 is 10.6 Å². The van der Waals surface area contributed by atoms with Gasteiger partial charge in [0, 0.05) is 30.1 Å². The molecule has 1 fully saturated rings. The summed E-state index contributed by atoms with van der Waals surface area (Å²) in [4.78, 5) is 14.3. The number of thiocarbonyl (C=S) groups is 1. The van der Waals surface area contributed by atoms with Gasteiger partial charge in [0.1, 0.15) is 4.99 Å². The van der Waals surface area contributed by atoms with E-state index in [2.05, 4.69) is 6.92 Å². The molecule has 1 aromatic carbocycles. The first-order chi connectivity index (χ1) is 9.47. The highest BCUT2D eigenvalue weighted by atomic mass is 35.5. The van der Waals surface area contributed by atoms with Crippen molar-refractivity contribution in [2.75, 3.05) is 6.54 Å². The number of hydrogen-bond acceptors (Lipinski definition) is 2. The van der Waals surface area contributed by atoms with Crippen LogP contribution in [0, 0.1) is 5.92 Å². The van der Waals surface area contributed by atoms with Gasteiger partial charge in [-0.05, 0) is 30.4 Å². The van der Waals surface area contributed by atoms with Gasteiger partial charge in [0.25, 0.3) is 0 Å². The lowest BCUT2D eigenvalue weighted by atomic mass is 10.0. The highest BCUT2D eigenvalue weighted by Gasteiger charge is 2.21. The van der Waals surface area contributed by atoms with Crippen LogP contribution in [0.1, 0.15) is 37.3 Å². The van der Waals surface area contributed by atoms with Crippen LogP contribution in [-0.2, 0) is 11.3 Å². The second-order valence-electron chi connectivity index (χ2n) is 5.42. The summed E-state index contributed by atoms with van der Waals surface area (Å²) in [6.07, 6.45) is 2.65. The lowest BCUT2D eigenvalue weighted by Gasteiger charge is -2.21. The molecule has 0 aromatic heterocycles. The van der Waals surface area contributed by atoms with Crippen molar-refractivity contribution in [3.8, 4) is 0 Å². The van der Waals surface area contributed by atoms with Gasteiger partial charge in [-0.15, -0.1) is 0 Å². The summed E-state index contributed by atoms with van der Waals surface area (Å²) in [5.74, 6) is 0.820. The number of benzene rings is 1. The molecule has 1 atom stereocenters. The number of hydrogen-bond donors (Lipinski definition) is 1. The van der Waals surface area contributed by atoms with Crippen LogP contribution in [0.4, 0.5) is 0 Å². The highest BCUT2D eigenvalue weighted by Crippen LogP contribution is 2.23. The molecular weight excluding hydrogens is 292 g/mol. The van der Waals surface area contributed by atoms with Gasteiger partial charge in [0.05, 0.1) is 0 Å². The Labute approximate surface area is 130 Å². The molecule has 0 radical (unpaired) electrons. The Balaban J connectivity index is 2.13. The molecule has 1 saturated heterocycles. The topological polar surface area (TPSA) is 46.3 Å². The van der Waals surface area contributed by atoms with Gasteiger partial charge in [-0.3, -0.25) is 4.79 Å². The molecule has 1 aliphatic rings. The Bertz CT molecular complexity index is 533. The minimum Gasteiger partial charge on any atom is -0.389 e. The fraction of sp³-hybridized carbons (Fsp3) is 0.467. The van der Waals surface area contributed by atoms with Crippen LogP contribution in [0.3, 0.4) is 0 Å². The first-order valence-corrected chi connectivity index (χ1v) is 7.62. The Kier molecular flexibility index (Phi) is 5.00.